The summed E-state index contributed by atoms with van der Waals surface area (Å²) in [6, 6.07) is -0.697. The summed E-state index contributed by atoms with van der Waals surface area (Å²) >= 11 is 0. The van der Waals surface area contributed by atoms with Gasteiger partial charge in [0, 0.05) is 25.9 Å². The van der Waals surface area contributed by atoms with Crippen LogP contribution in [-0.2, 0) is 11.8 Å². The summed E-state index contributed by atoms with van der Waals surface area (Å²) in [6.45, 7) is 0.257. The number of hydrogen-bond donors (Lipinski definition) is 1. The SMILES string of the molecule is C#CCN(C)C(=O)C(N)c1cnn(C)c1. The van der Waals surface area contributed by atoms with Gasteiger partial charge in [0.2, 0.25) is 5.91 Å². The first kappa shape index (κ1) is 11.3. The van der Waals surface area contributed by atoms with E-state index in [1.807, 2.05) is 0 Å². The molecule has 1 atom stereocenters. The Kier molecular flexibility index (Phi) is 3.47. The molecule has 5 heteroatoms. The maximum absolute atomic E-state index is 11.7. The summed E-state index contributed by atoms with van der Waals surface area (Å²) in [5.41, 5.74) is 6.46. The fourth-order valence-electron chi connectivity index (χ4n) is 1.20. The Morgan fingerprint density at radius 3 is 3.00 bits per heavy atom. The van der Waals surface area contributed by atoms with E-state index >= 15 is 0 Å². The first-order chi connectivity index (χ1) is 7.06. The van der Waals surface area contributed by atoms with Crippen LogP contribution in [0.3, 0.4) is 0 Å². The lowest BCUT2D eigenvalue weighted by Gasteiger charge is -2.17. The smallest absolute Gasteiger partial charge is 0.244 e. The molecule has 0 fully saturated rings. The fraction of sp³-hybridized carbons (Fsp3) is 0.400. The molecule has 1 heterocycles. The van der Waals surface area contributed by atoms with E-state index in [0.29, 0.717) is 5.56 Å². The zero-order valence-corrected chi connectivity index (χ0v) is 8.84. The van der Waals surface area contributed by atoms with E-state index in [-0.39, 0.29) is 12.5 Å². The Morgan fingerprint density at radius 1 is 1.87 bits per heavy atom. The molecule has 80 valence electrons. The van der Waals surface area contributed by atoms with Crippen LogP contribution in [0.25, 0.3) is 0 Å². The molecule has 0 bridgehead atoms. The third kappa shape index (κ3) is 2.58. The number of rotatable bonds is 3. The Labute approximate surface area is 88.9 Å². The van der Waals surface area contributed by atoms with Crippen molar-refractivity contribution in [2.24, 2.45) is 12.8 Å². The van der Waals surface area contributed by atoms with Crippen LogP contribution in [0.15, 0.2) is 12.4 Å². The Bertz CT molecular complexity index is 390. The highest BCUT2D eigenvalue weighted by Crippen LogP contribution is 2.10. The highest BCUT2D eigenvalue weighted by molar-refractivity contribution is 5.82. The lowest BCUT2D eigenvalue weighted by atomic mass is 10.1. The van der Waals surface area contributed by atoms with Gasteiger partial charge in [-0.2, -0.15) is 5.10 Å². The molecule has 0 radical (unpaired) electrons. The van der Waals surface area contributed by atoms with Gasteiger partial charge in [0.05, 0.1) is 12.7 Å². The summed E-state index contributed by atoms with van der Waals surface area (Å²) in [7, 11) is 3.39. The average Bonchev–Trinajstić information content (AvgIpc) is 2.63. The van der Waals surface area contributed by atoms with Crippen molar-refractivity contribution in [1.29, 1.82) is 0 Å². The minimum atomic E-state index is -0.697. The fourth-order valence-corrected chi connectivity index (χ4v) is 1.20. The number of hydrogen-bond acceptors (Lipinski definition) is 3. The second kappa shape index (κ2) is 4.62. The van der Waals surface area contributed by atoms with Gasteiger partial charge in [-0.15, -0.1) is 6.42 Å². The van der Waals surface area contributed by atoms with Gasteiger partial charge in [0.25, 0.3) is 0 Å². The first-order valence-corrected chi connectivity index (χ1v) is 4.49. The van der Waals surface area contributed by atoms with Crippen molar-refractivity contribution in [3.63, 3.8) is 0 Å². The van der Waals surface area contributed by atoms with E-state index in [0.717, 1.165) is 0 Å². The maximum Gasteiger partial charge on any atom is 0.244 e. The summed E-state index contributed by atoms with van der Waals surface area (Å²) in [5.74, 6) is 2.18. The highest BCUT2D eigenvalue weighted by Gasteiger charge is 2.20. The van der Waals surface area contributed by atoms with Crippen LogP contribution in [0.5, 0.6) is 0 Å². The predicted molar refractivity (Wildman–Crippen MR) is 56.6 cm³/mol. The molecular formula is C10H14N4O. The van der Waals surface area contributed by atoms with Crippen LogP contribution in [0.1, 0.15) is 11.6 Å². The molecule has 0 saturated heterocycles. The van der Waals surface area contributed by atoms with E-state index in [1.54, 1.807) is 31.2 Å². The van der Waals surface area contributed by atoms with Crippen molar-refractivity contribution in [3.8, 4) is 12.3 Å². The number of nitrogens with zero attached hydrogens (tertiary/aromatic N) is 3. The van der Waals surface area contributed by atoms with Crippen molar-refractivity contribution in [2.75, 3.05) is 13.6 Å². The third-order valence-electron chi connectivity index (χ3n) is 2.05. The van der Waals surface area contributed by atoms with E-state index in [2.05, 4.69) is 11.0 Å². The average molecular weight is 206 g/mol. The Morgan fingerprint density at radius 2 is 2.53 bits per heavy atom. The van der Waals surface area contributed by atoms with Gasteiger partial charge in [-0.05, 0) is 0 Å². The summed E-state index contributed by atoms with van der Waals surface area (Å²) in [5, 5.41) is 3.95. The molecule has 1 amide bonds. The number of aryl methyl sites for hydroxylation is 1. The number of terminal acetylenes is 1. The van der Waals surface area contributed by atoms with Crippen LogP contribution in [-0.4, -0.2) is 34.2 Å². The molecule has 0 saturated carbocycles. The molecule has 0 aromatic carbocycles. The molecule has 0 aliphatic rings. The quantitative estimate of drug-likeness (QED) is 0.679. The number of likely N-dealkylation sites (N-methyl/N-ethyl adjacent to an activating group) is 1. The lowest BCUT2D eigenvalue weighted by molar-refractivity contribution is -0.130. The van der Waals surface area contributed by atoms with Crippen LogP contribution >= 0.6 is 0 Å². The minimum Gasteiger partial charge on any atom is -0.333 e. The molecule has 1 aromatic rings. The predicted octanol–water partition coefficient (Wildman–Crippen LogP) is -0.488. The van der Waals surface area contributed by atoms with Crippen molar-refractivity contribution in [1.82, 2.24) is 14.7 Å². The van der Waals surface area contributed by atoms with Gasteiger partial charge in [-0.1, -0.05) is 5.92 Å². The standard InChI is InChI=1S/C10H14N4O/c1-4-5-13(2)10(15)9(11)8-6-12-14(3)7-8/h1,6-7,9H,5,11H2,2-3H3. The van der Waals surface area contributed by atoms with E-state index < -0.39 is 6.04 Å². The van der Waals surface area contributed by atoms with Gasteiger partial charge in [-0.3, -0.25) is 9.48 Å². The molecule has 0 aliphatic heterocycles. The monoisotopic (exact) mass is 206 g/mol. The zero-order valence-electron chi connectivity index (χ0n) is 8.84. The molecule has 5 nitrogen and oxygen atoms in total. The molecule has 2 N–H and O–H groups in total. The molecule has 1 unspecified atom stereocenters. The summed E-state index contributed by atoms with van der Waals surface area (Å²) < 4.78 is 1.60. The second-order valence-corrected chi connectivity index (χ2v) is 3.32. The largest absolute Gasteiger partial charge is 0.333 e. The van der Waals surface area contributed by atoms with Crippen LogP contribution in [0.4, 0.5) is 0 Å². The number of aromatic nitrogens is 2. The molecule has 1 rings (SSSR count). The number of carbonyl (C=O) groups excluding carboxylic acids is 1. The molecule has 1 aromatic heterocycles. The van der Waals surface area contributed by atoms with Crippen molar-refractivity contribution in [3.05, 3.63) is 18.0 Å². The van der Waals surface area contributed by atoms with Crippen LogP contribution in [0.2, 0.25) is 0 Å². The van der Waals surface area contributed by atoms with Crippen molar-refractivity contribution >= 4 is 5.91 Å². The Hall–Kier alpha value is -1.80. The van der Waals surface area contributed by atoms with Crippen molar-refractivity contribution < 1.29 is 4.79 Å². The van der Waals surface area contributed by atoms with Gasteiger partial charge in [0.1, 0.15) is 6.04 Å². The number of amides is 1. The Balaban J connectivity index is 2.73. The van der Waals surface area contributed by atoms with Gasteiger partial charge < -0.3 is 10.6 Å². The lowest BCUT2D eigenvalue weighted by Crippen LogP contribution is -2.35. The van der Waals surface area contributed by atoms with Crippen molar-refractivity contribution in [2.45, 2.75) is 6.04 Å². The number of nitrogens with two attached hydrogens (primary N) is 1. The number of carbonyl (C=O) groups is 1. The topological polar surface area (TPSA) is 64.2 Å². The third-order valence-corrected chi connectivity index (χ3v) is 2.05. The van der Waals surface area contributed by atoms with Gasteiger partial charge >= 0.3 is 0 Å². The highest BCUT2D eigenvalue weighted by atomic mass is 16.2. The van der Waals surface area contributed by atoms with Crippen LogP contribution < -0.4 is 5.73 Å². The molecular weight excluding hydrogens is 192 g/mol. The van der Waals surface area contributed by atoms with E-state index in [1.165, 1.54) is 4.90 Å². The maximum atomic E-state index is 11.7. The zero-order chi connectivity index (χ0) is 11.4. The summed E-state index contributed by atoms with van der Waals surface area (Å²) in [6.07, 6.45) is 8.40. The summed E-state index contributed by atoms with van der Waals surface area (Å²) in [4.78, 5) is 13.1. The van der Waals surface area contributed by atoms with Gasteiger partial charge in [0.15, 0.2) is 0 Å². The normalized spacial score (nSPS) is 11.9. The molecule has 0 aliphatic carbocycles. The molecule has 15 heavy (non-hydrogen) atoms. The first-order valence-electron chi connectivity index (χ1n) is 4.49. The van der Waals surface area contributed by atoms with Gasteiger partial charge in [-0.25, -0.2) is 0 Å². The minimum absolute atomic E-state index is 0.207. The van der Waals surface area contributed by atoms with E-state index in [9.17, 15) is 4.79 Å². The van der Waals surface area contributed by atoms with Crippen LogP contribution in [0, 0.1) is 12.3 Å². The molecule has 0 spiro atoms. The van der Waals surface area contributed by atoms with E-state index in [4.69, 9.17) is 12.2 Å². The second-order valence-electron chi connectivity index (χ2n) is 3.32.